The van der Waals surface area contributed by atoms with Gasteiger partial charge >= 0.3 is 0 Å². The van der Waals surface area contributed by atoms with Crippen LogP contribution in [0.15, 0.2) is 47.6 Å². The van der Waals surface area contributed by atoms with Crippen LogP contribution in [0.4, 0.5) is 0 Å². The van der Waals surface area contributed by atoms with Crippen LogP contribution in [-0.4, -0.2) is 25.3 Å². The van der Waals surface area contributed by atoms with Crippen LogP contribution >= 0.6 is 0 Å². The molecule has 0 bridgehead atoms. The van der Waals surface area contributed by atoms with Gasteiger partial charge in [0, 0.05) is 5.56 Å². The number of aryl methyl sites for hydroxylation is 2. The molecule has 0 aromatic heterocycles. The summed E-state index contributed by atoms with van der Waals surface area (Å²) in [6.07, 6.45) is 1.56. The maximum Gasteiger partial charge on any atom is 0.277 e. The van der Waals surface area contributed by atoms with Gasteiger partial charge in [-0.15, -0.1) is 0 Å². The van der Waals surface area contributed by atoms with Gasteiger partial charge < -0.3 is 9.47 Å². The molecular weight excluding hydrogens is 304 g/mol. The first-order valence-corrected chi connectivity index (χ1v) is 7.84. The molecule has 2 rings (SSSR count). The summed E-state index contributed by atoms with van der Waals surface area (Å²) in [6.45, 7) is 6.32. The third-order valence-electron chi connectivity index (χ3n) is 3.31. The van der Waals surface area contributed by atoms with Gasteiger partial charge in [-0.2, -0.15) is 5.10 Å². The Balaban J connectivity index is 1.88. The number of benzene rings is 2. The Kier molecular flexibility index (Phi) is 6.37. The molecule has 5 nitrogen and oxygen atoms in total. The average molecular weight is 326 g/mol. The highest BCUT2D eigenvalue weighted by Crippen LogP contribution is 2.19. The third kappa shape index (κ3) is 5.12. The molecule has 0 saturated carbocycles. The molecule has 0 radical (unpaired) electrons. The minimum atomic E-state index is -0.318. The Labute approximate surface area is 142 Å². The quantitative estimate of drug-likeness (QED) is 0.628. The zero-order valence-corrected chi connectivity index (χ0v) is 14.2. The summed E-state index contributed by atoms with van der Waals surface area (Å²) < 4.78 is 11.0. The number of para-hydroxylation sites is 1. The smallest absolute Gasteiger partial charge is 0.277 e. The molecule has 2 aromatic carbocycles. The predicted molar refractivity (Wildman–Crippen MR) is 94.8 cm³/mol. The number of hydrogen-bond donors (Lipinski definition) is 1. The summed E-state index contributed by atoms with van der Waals surface area (Å²) in [6, 6.07) is 13.4. The van der Waals surface area contributed by atoms with Gasteiger partial charge in [0.2, 0.25) is 0 Å². The average Bonchev–Trinajstić information content (AvgIpc) is 2.57. The summed E-state index contributed by atoms with van der Waals surface area (Å²) in [4.78, 5) is 11.8. The zero-order valence-electron chi connectivity index (χ0n) is 14.2. The van der Waals surface area contributed by atoms with Crippen LogP contribution < -0.4 is 14.9 Å². The normalized spacial score (nSPS) is 10.6. The standard InChI is InChI=1S/C19H22N2O3/c1-4-23-17-8-6-5-7-16(17)12-20-21-19(22)13-24-18-11-14(2)9-10-15(18)3/h5-12H,4,13H2,1-3H3,(H,21,22). The van der Waals surface area contributed by atoms with E-state index in [4.69, 9.17) is 9.47 Å². The van der Waals surface area contributed by atoms with Crippen molar-refractivity contribution in [3.8, 4) is 11.5 Å². The molecule has 0 aliphatic carbocycles. The number of hydrazone groups is 1. The predicted octanol–water partition coefficient (Wildman–Crippen LogP) is 3.23. The summed E-state index contributed by atoms with van der Waals surface area (Å²) in [7, 11) is 0. The topological polar surface area (TPSA) is 59.9 Å². The van der Waals surface area contributed by atoms with Gasteiger partial charge in [-0.25, -0.2) is 5.43 Å². The molecule has 0 atom stereocenters. The molecule has 5 heteroatoms. The van der Waals surface area contributed by atoms with Crippen molar-refractivity contribution in [1.29, 1.82) is 0 Å². The molecule has 0 saturated heterocycles. The lowest BCUT2D eigenvalue weighted by molar-refractivity contribution is -0.123. The molecule has 2 aromatic rings. The van der Waals surface area contributed by atoms with E-state index in [0.717, 1.165) is 22.4 Å². The van der Waals surface area contributed by atoms with Crippen molar-refractivity contribution in [3.05, 3.63) is 59.2 Å². The lowest BCUT2D eigenvalue weighted by Crippen LogP contribution is -2.24. The molecule has 0 fully saturated rings. The summed E-state index contributed by atoms with van der Waals surface area (Å²) >= 11 is 0. The molecule has 126 valence electrons. The van der Waals surface area contributed by atoms with Gasteiger partial charge in [-0.1, -0.05) is 24.3 Å². The Morgan fingerprint density at radius 3 is 2.71 bits per heavy atom. The van der Waals surface area contributed by atoms with Crippen molar-refractivity contribution in [2.45, 2.75) is 20.8 Å². The van der Waals surface area contributed by atoms with E-state index < -0.39 is 0 Å². The SMILES string of the molecule is CCOc1ccccc1C=NNC(=O)COc1cc(C)ccc1C. The molecule has 0 heterocycles. The Morgan fingerprint density at radius 2 is 1.92 bits per heavy atom. The maximum atomic E-state index is 11.8. The van der Waals surface area contributed by atoms with Crippen LogP contribution in [0.2, 0.25) is 0 Å². The van der Waals surface area contributed by atoms with E-state index in [9.17, 15) is 4.79 Å². The second-order valence-corrected chi connectivity index (χ2v) is 5.32. The first-order valence-electron chi connectivity index (χ1n) is 7.84. The van der Waals surface area contributed by atoms with Gasteiger partial charge in [-0.05, 0) is 50.1 Å². The number of nitrogens with one attached hydrogen (secondary N) is 1. The molecule has 0 unspecified atom stereocenters. The fourth-order valence-electron chi connectivity index (χ4n) is 2.09. The summed E-state index contributed by atoms with van der Waals surface area (Å²) in [5.74, 6) is 1.11. The van der Waals surface area contributed by atoms with Gasteiger partial charge in [0.1, 0.15) is 11.5 Å². The monoisotopic (exact) mass is 326 g/mol. The Bertz CT molecular complexity index is 726. The minimum absolute atomic E-state index is 0.0886. The highest BCUT2D eigenvalue weighted by molar-refractivity contribution is 5.85. The molecule has 1 N–H and O–H groups in total. The number of ether oxygens (including phenoxy) is 2. The fourth-order valence-corrected chi connectivity index (χ4v) is 2.09. The minimum Gasteiger partial charge on any atom is -0.493 e. The Hall–Kier alpha value is -2.82. The number of nitrogens with zero attached hydrogens (tertiary/aromatic N) is 1. The van der Waals surface area contributed by atoms with E-state index in [-0.39, 0.29) is 12.5 Å². The number of carbonyl (C=O) groups excluding carboxylic acids is 1. The summed E-state index contributed by atoms with van der Waals surface area (Å²) in [5, 5.41) is 3.95. The first kappa shape index (κ1) is 17.5. The van der Waals surface area contributed by atoms with E-state index in [1.165, 1.54) is 0 Å². The van der Waals surface area contributed by atoms with E-state index in [0.29, 0.717) is 12.4 Å². The van der Waals surface area contributed by atoms with E-state index in [1.807, 2.05) is 63.2 Å². The van der Waals surface area contributed by atoms with E-state index in [1.54, 1.807) is 6.21 Å². The number of amides is 1. The summed E-state index contributed by atoms with van der Waals surface area (Å²) in [5.41, 5.74) is 5.33. The zero-order chi connectivity index (χ0) is 17.4. The van der Waals surface area contributed by atoms with Gasteiger partial charge in [0.25, 0.3) is 5.91 Å². The van der Waals surface area contributed by atoms with Crippen molar-refractivity contribution < 1.29 is 14.3 Å². The first-order chi connectivity index (χ1) is 11.6. The number of hydrogen-bond acceptors (Lipinski definition) is 4. The fraction of sp³-hybridized carbons (Fsp3) is 0.263. The van der Waals surface area contributed by atoms with Gasteiger partial charge in [-0.3, -0.25) is 4.79 Å². The number of rotatable bonds is 7. The van der Waals surface area contributed by atoms with Crippen LogP contribution in [-0.2, 0) is 4.79 Å². The van der Waals surface area contributed by atoms with Crippen LogP contribution in [0, 0.1) is 13.8 Å². The van der Waals surface area contributed by atoms with Crippen LogP contribution in [0.5, 0.6) is 11.5 Å². The van der Waals surface area contributed by atoms with Crippen LogP contribution in [0.25, 0.3) is 0 Å². The molecular formula is C19H22N2O3. The van der Waals surface area contributed by atoms with Crippen molar-refractivity contribution in [1.82, 2.24) is 5.43 Å². The van der Waals surface area contributed by atoms with Crippen molar-refractivity contribution in [2.24, 2.45) is 5.10 Å². The van der Waals surface area contributed by atoms with Crippen molar-refractivity contribution >= 4 is 12.1 Å². The third-order valence-corrected chi connectivity index (χ3v) is 3.31. The van der Waals surface area contributed by atoms with Gasteiger partial charge in [0.05, 0.1) is 12.8 Å². The van der Waals surface area contributed by atoms with E-state index in [2.05, 4.69) is 10.5 Å². The van der Waals surface area contributed by atoms with Crippen molar-refractivity contribution in [3.63, 3.8) is 0 Å². The number of carbonyl (C=O) groups is 1. The van der Waals surface area contributed by atoms with Crippen LogP contribution in [0.3, 0.4) is 0 Å². The highest BCUT2D eigenvalue weighted by Gasteiger charge is 2.05. The second-order valence-electron chi connectivity index (χ2n) is 5.32. The molecule has 0 aliphatic rings. The Morgan fingerprint density at radius 1 is 1.12 bits per heavy atom. The maximum absolute atomic E-state index is 11.8. The molecule has 1 amide bonds. The lowest BCUT2D eigenvalue weighted by Gasteiger charge is -2.09. The van der Waals surface area contributed by atoms with E-state index >= 15 is 0 Å². The second kappa shape index (κ2) is 8.72. The van der Waals surface area contributed by atoms with Gasteiger partial charge in [0.15, 0.2) is 6.61 Å². The van der Waals surface area contributed by atoms with Crippen LogP contribution in [0.1, 0.15) is 23.6 Å². The van der Waals surface area contributed by atoms with Crippen molar-refractivity contribution in [2.75, 3.05) is 13.2 Å². The molecule has 0 aliphatic heterocycles. The highest BCUT2D eigenvalue weighted by atomic mass is 16.5. The molecule has 24 heavy (non-hydrogen) atoms. The largest absolute Gasteiger partial charge is 0.493 e. The lowest BCUT2D eigenvalue weighted by atomic mass is 10.1. The molecule has 0 spiro atoms.